The Morgan fingerprint density at radius 1 is 0.606 bits per heavy atom. The molecule has 0 unspecified atom stereocenters. The molecule has 6 heterocycles. The van der Waals surface area contributed by atoms with Crippen molar-refractivity contribution in [3.8, 4) is 28.6 Å². The summed E-state index contributed by atoms with van der Waals surface area (Å²) in [5.41, 5.74) is 12.5. The highest BCUT2D eigenvalue weighted by Crippen LogP contribution is 2.26. The van der Waals surface area contributed by atoms with E-state index in [-0.39, 0.29) is 12.2 Å². The maximum absolute atomic E-state index is 9.62. The number of aliphatic hydroxyl groups excluding tert-OH is 2. The van der Waals surface area contributed by atoms with Crippen LogP contribution < -0.4 is 16.5 Å². The summed E-state index contributed by atoms with van der Waals surface area (Å²) in [4.78, 5) is 12.7. The number of nitrogens with one attached hydrogen (secondary N) is 1. The van der Waals surface area contributed by atoms with Crippen LogP contribution in [0.5, 0.6) is 0 Å². The maximum atomic E-state index is 9.62. The topological polar surface area (TPSA) is 233 Å². The number of fused-ring (bicyclic) bond motifs is 3. The second-order valence-corrected chi connectivity index (χ2v) is 19.0. The van der Waals surface area contributed by atoms with E-state index >= 15 is 0 Å². The predicted molar refractivity (Wildman–Crippen MR) is 283 cm³/mol. The predicted octanol–water partition coefficient (Wildman–Crippen LogP) is 9.10. The number of hydrogen-bond acceptors (Lipinski definition) is 13. The summed E-state index contributed by atoms with van der Waals surface area (Å²) in [6.45, 7) is 0. The van der Waals surface area contributed by atoms with E-state index in [4.69, 9.17) is 77.7 Å². The van der Waals surface area contributed by atoms with Gasteiger partial charge in [0.15, 0.2) is 16.9 Å². The third-order valence-electron chi connectivity index (χ3n) is 11.3. The first-order chi connectivity index (χ1) is 34.2. The average Bonchev–Trinajstić information content (AvgIpc) is 4.10. The molecule has 0 bridgehead atoms. The smallest absolute Gasteiger partial charge is 0.423 e. The highest BCUT2D eigenvalue weighted by atomic mass is 79.9. The number of nitrogens with two attached hydrogens (primary N) is 1. The molecule has 11 rings (SSSR count). The van der Waals surface area contributed by atoms with Crippen molar-refractivity contribution in [2.45, 2.75) is 75.7 Å². The van der Waals surface area contributed by atoms with Gasteiger partial charge in [-0.3, -0.25) is 0 Å². The van der Waals surface area contributed by atoms with E-state index in [0.29, 0.717) is 43.5 Å². The molecule has 71 heavy (non-hydrogen) atoms. The zero-order chi connectivity index (χ0) is 50.4. The number of anilines is 1. The van der Waals surface area contributed by atoms with Crippen LogP contribution in [0.1, 0.15) is 56.9 Å². The van der Waals surface area contributed by atoms with Gasteiger partial charge in [-0.2, -0.15) is 15.5 Å². The summed E-state index contributed by atoms with van der Waals surface area (Å²) in [5, 5.41) is 63.2. The molecule has 6 aromatic heterocycles. The van der Waals surface area contributed by atoms with Gasteiger partial charge in [-0.15, -0.1) is 5.10 Å². The molecule has 7 N–H and O–H groups in total. The SMILES string of the molecule is Clc1ccc2ncc(Br)n2n1.N#Cc1cccc(-c2cnc3ccc(Cl)nn23)c1.NC1CCC(O)CC1.OB(O)c1cccc(Cl)c1.OC1CCC(Nc2ccc3ncc(-c4cccc(Cl)c4)n3n2)CC1. The van der Waals surface area contributed by atoms with Crippen LogP contribution in [-0.4, -0.2) is 95.5 Å². The molecule has 9 aromatic rings. The highest BCUT2D eigenvalue weighted by molar-refractivity contribution is 9.10. The van der Waals surface area contributed by atoms with E-state index in [9.17, 15) is 5.11 Å². The summed E-state index contributed by atoms with van der Waals surface area (Å²) < 4.78 is 5.93. The Morgan fingerprint density at radius 2 is 1.11 bits per heavy atom. The summed E-state index contributed by atoms with van der Waals surface area (Å²) in [6, 6.07) is 35.2. The molecule has 0 radical (unpaired) electrons. The molecule has 22 heteroatoms. The van der Waals surface area contributed by atoms with Crippen LogP contribution in [0, 0.1) is 11.3 Å². The molecule has 2 saturated carbocycles. The number of hydrogen-bond donors (Lipinski definition) is 6. The fraction of sp³-hybridized carbons (Fsp3) is 0.245. The maximum Gasteiger partial charge on any atom is 0.488 e. The number of imidazole rings is 3. The van der Waals surface area contributed by atoms with Crippen molar-refractivity contribution >= 4 is 97.7 Å². The van der Waals surface area contributed by atoms with Gasteiger partial charge in [0.1, 0.15) is 20.7 Å². The molecule has 0 amide bonds. The number of rotatable bonds is 5. The van der Waals surface area contributed by atoms with E-state index in [1.165, 1.54) is 6.07 Å². The molecular weight excluding hydrogens is 1050 g/mol. The standard InChI is InChI=1S/C18H19ClN4O.C13H7ClN4.C6H6BClO2.C6H3BrClN3.C6H13NO/c19-13-3-1-2-12(10-13)16-11-20-18-9-8-17(22-23(16)18)21-14-4-6-15(24)7-5-14;14-12-4-5-13-16-8-11(18(13)17-12)10-3-1-2-9(6-10)7-15;8-6-3-1-2-5(4-6)7(9)10;7-4-3-9-6-2-1-5(8)10-11(4)6;7-5-1-3-6(8)4-2-5/h1-3,8-11,14-15,24H,4-7H2,(H,21,22);1-6,8H;1-4,9-10H;1-3H;5-6,8H,1-4,7H2. The lowest BCUT2D eigenvalue weighted by atomic mass is 9.81. The summed E-state index contributed by atoms with van der Waals surface area (Å²) >= 11 is 26.5. The van der Waals surface area contributed by atoms with Crippen molar-refractivity contribution in [2.24, 2.45) is 5.73 Å². The lowest BCUT2D eigenvalue weighted by molar-refractivity contribution is 0.123. The Balaban J connectivity index is 0.000000139. The Bertz CT molecular complexity index is 3200. The van der Waals surface area contributed by atoms with Crippen LogP contribution in [0.2, 0.25) is 20.4 Å². The first-order valence-electron chi connectivity index (χ1n) is 22.5. The minimum atomic E-state index is -1.43. The van der Waals surface area contributed by atoms with Crippen molar-refractivity contribution in [3.05, 3.63) is 158 Å². The number of aliphatic hydroxyl groups is 2. The zero-order valence-electron chi connectivity index (χ0n) is 37.9. The van der Waals surface area contributed by atoms with Crippen LogP contribution in [0.3, 0.4) is 0 Å². The molecular formula is C49H48BBrCl4N12O4. The van der Waals surface area contributed by atoms with Crippen molar-refractivity contribution in [3.63, 3.8) is 0 Å². The lowest BCUT2D eigenvalue weighted by Crippen LogP contribution is -2.29. The number of nitriles is 1. The van der Waals surface area contributed by atoms with Crippen molar-refractivity contribution < 1.29 is 20.3 Å². The Kier molecular flexibility index (Phi) is 19.2. The van der Waals surface area contributed by atoms with Gasteiger partial charge in [0.05, 0.1) is 53.8 Å². The van der Waals surface area contributed by atoms with E-state index in [1.54, 1.807) is 76.0 Å². The fourth-order valence-electron chi connectivity index (χ4n) is 7.61. The van der Waals surface area contributed by atoms with Gasteiger partial charge in [-0.25, -0.2) is 28.5 Å². The zero-order valence-corrected chi connectivity index (χ0v) is 42.5. The number of aromatic nitrogens is 9. The third-order valence-corrected chi connectivity index (χ3v) is 12.7. The summed E-state index contributed by atoms with van der Waals surface area (Å²) in [6.07, 6.45) is 12.4. The first-order valence-corrected chi connectivity index (χ1v) is 24.8. The second-order valence-electron chi connectivity index (χ2n) is 16.6. The fourth-order valence-corrected chi connectivity index (χ4v) is 8.64. The number of benzene rings is 3. The van der Waals surface area contributed by atoms with Gasteiger partial charge in [0.2, 0.25) is 0 Å². The molecule has 2 aliphatic carbocycles. The van der Waals surface area contributed by atoms with Gasteiger partial charge in [-0.1, -0.05) is 82.8 Å². The lowest BCUT2D eigenvalue weighted by Gasteiger charge is -2.26. The first kappa shape index (κ1) is 53.1. The van der Waals surface area contributed by atoms with E-state index in [0.717, 1.165) is 101 Å². The van der Waals surface area contributed by atoms with E-state index in [2.05, 4.69) is 52.5 Å². The molecule has 0 atom stereocenters. The molecule has 0 spiro atoms. The third kappa shape index (κ3) is 15.2. The van der Waals surface area contributed by atoms with E-state index < -0.39 is 7.12 Å². The van der Waals surface area contributed by atoms with Gasteiger partial charge in [-0.05, 0) is 146 Å². The van der Waals surface area contributed by atoms with Gasteiger partial charge >= 0.3 is 7.12 Å². The highest BCUT2D eigenvalue weighted by Gasteiger charge is 2.20. The molecule has 3 aromatic carbocycles. The molecule has 0 saturated heterocycles. The Labute approximate surface area is 437 Å². The van der Waals surface area contributed by atoms with Crippen molar-refractivity contribution in [1.29, 1.82) is 5.26 Å². The average molecular weight is 1100 g/mol. The minimum Gasteiger partial charge on any atom is -0.423 e. The van der Waals surface area contributed by atoms with Crippen molar-refractivity contribution in [1.82, 2.24) is 43.8 Å². The summed E-state index contributed by atoms with van der Waals surface area (Å²) in [7, 11) is -1.43. The number of nitrogens with zero attached hydrogens (tertiary/aromatic N) is 10. The van der Waals surface area contributed by atoms with Crippen LogP contribution in [0.15, 0.2) is 132 Å². The molecule has 2 fully saturated rings. The molecule has 16 nitrogen and oxygen atoms in total. The Morgan fingerprint density at radius 3 is 1.68 bits per heavy atom. The molecule has 0 aliphatic heterocycles. The Hall–Kier alpha value is -5.69. The van der Waals surface area contributed by atoms with Crippen LogP contribution in [-0.2, 0) is 0 Å². The van der Waals surface area contributed by atoms with Crippen LogP contribution in [0.25, 0.3) is 39.5 Å². The summed E-state index contributed by atoms with van der Waals surface area (Å²) in [5.74, 6) is 0.824. The van der Waals surface area contributed by atoms with Gasteiger partial charge in [0.25, 0.3) is 0 Å². The van der Waals surface area contributed by atoms with Gasteiger partial charge in [0, 0.05) is 33.3 Å². The van der Waals surface area contributed by atoms with Crippen LogP contribution >= 0.6 is 62.3 Å². The quantitative estimate of drug-likeness (QED) is 0.0884. The second kappa shape index (κ2) is 25.6. The van der Waals surface area contributed by atoms with E-state index in [1.807, 2.05) is 59.2 Å². The van der Waals surface area contributed by atoms with Gasteiger partial charge < -0.3 is 31.3 Å². The number of halogens is 5. The van der Waals surface area contributed by atoms with Crippen LogP contribution in [0.4, 0.5) is 5.82 Å². The monoisotopic (exact) mass is 1100 g/mol. The molecule has 2 aliphatic rings. The molecule has 366 valence electrons. The normalized spacial score (nSPS) is 17.3. The largest absolute Gasteiger partial charge is 0.488 e. The minimum absolute atomic E-state index is 0.0604. The van der Waals surface area contributed by atoms with Crippen molar-refractivity contribution in [2.75, 3.05) is 5.32 Å².